The third kappa shape index (κ3) is 6.60. The van der Waals surface area contributed by atoms with E-state index in [1.807, 2.05) is 41.5 Å². The number of nitrogens with zero attached hydrogens (tertiary/aromatic N) is 3. The fourth-order valence-corrected chi connectivity index (χ4v) is 4.06. The first-order valence-electron chi connectivity index (χ1n) is 11.4. The van der Waals surface area contributed by atoms with Gasteiger partial charge in [0.2, 0.25) is 0 Å². The molecule has 0 unspecified atom stereocenters. The Morgan fingerprint density at radius 1 is 1.15 bits per heavy atom. The molecule has 1 aliphatic rings. The van der Waals surface area contributed by atoms with Crippen LogP contribution in [-0.2, 0) is 17.7 Å². The minimum Gasteiger partial charge on any atom is -0.444 e. The zero-order valence-corrected chi connectivity index (χ0v) is 20.4. The summed E-state index contributed by atoms with van der Waals surface area (Å²) in [5, 5.41) is 0. The van der Waals surface area contributed by atoms with Crippen molar-refractivity contribution in [3.05, 3.63) is 64.2 Å². The summed E-state index contributed by atoms with van der Waals surface area (Å²) in [6, 6.07) is 6.53. The maximum Gasteiger partial charge on any atom is 0.410 e. The Morgan fingerprint density at radius 2 is 1.85 bits per heavy atom. The number of rotatable bonds is 5. The van der Waals surface area contributed by atoms with Gasteiger partial charge in [0.05, 0.1) is 0 Å². The number of amides is 1. The highest BCUT2D eigenvalue weighted by molar-refractivity contribution is 5.97. The van der Waals surface area contributed by atoms with E-state index < -0.39 is 5.60 Å². The van der Waals surface area contributed by atoms with Crippen LogP contribution in [0.25, 0.3) is 0 Å². The van der Waals surface area contributed by atoms with Crippen molar-refractivity contribution >= 4 is 11.9 Å². The first kappa shape index (κ1) is 24.8. The van der Waals surface area contributed by atoms with Crippen molar-refractivity contribution in [2.45, 2.75) is 66.2 Å². The molecule has 0 radical (unpaired) electrons. The SMILES string of the molecule is Cc1ccc(C(=O)Cc2cc(F)cc(CN3CCN(C(=O)OC(C)(C)C)[C@@H](C)C3)c2C)cn1. The number of ether oxygens (including phenoxy) is 1. The second-order valence-corrected chi connectivity index (χ2v) is 9.90. The van der Waals surface area contributed by atoms with Crippen molar-refractivity contribution in [3.63, 3.8) is 0 Å². The molecule has 3 rings (SSSR count). The van der Waals surface area contributed by atoms with Crippen LogP contribution in [0.4, 0.5) is 9.18 Å². The summed E-state index contributed by atoms with van der Waals surface area (Å²) in [5.41, 5.74) is 3.31. The number of Topliss-reactive ketones (excluding diaryl/α,β-unsaturated/α-hetero) is 1. The molecule has 0 saturated carbocycles. The Kier molecular flexibility index (Phi) is 7.52. The van der Waals surface area contributed by atoms with Crippen LogP contribution < -0.4 is 0 Å². The van der Waals surface area contributed by atoms with Crippen molar-refractivity contribution in [1.82, 2.24) is 14.8 Å². The Bertz CT molecular complexity index is 1010. The molecule has 1 aliphatic heterocycles. The van der Waals surface area contributed by atoms with E-state index in [2.05, 4.69) is 9.88 Å². The minimum absolute atomic E-state index is 0.0162. The Morgan fingerprint density at radius 3 is 2.45 bits per heavy atom. The average molecular weight is 456 g/mol. The number of carbonyl (C=O) groups is 2. The molecule has 178 valence electrons. The van der Waals surface area contributed by atoms with Gasteiger partial charge in [-0.25, -0.2) is 9.18 Å². The molecule has 1 aromatic heterocycles. The molecule has 1 aromatic carbocycles. The lowest BCUT2D eigenvalue weighted by atomic mass is 9.95. The molecule has 33 heavy (non-hydrogen) atoms. The number of aryl methyl sites for hydroxylation is 1. The Hall–Kier alpha value is -2.80. The number of hydrogen-bond donors (Lipinski definition) is 0. The van der Waals surface area contributed by atoms with Crippen LogP contribution in [0.1, 0.15) is 60.4 Å². The molecular formula is C26H34FN3O3. The topological polar surface area (TPSA) is 62.7 Å². The first-order chi connectivity index (χ1) is 15.4. The minimum atomic E-state index is -0.533. The number of benzene rings is 1. The van der Waals surface area contributed by atoms with Crippen molar-refractivity contribution < 1.29 is 18.7 Å². The van der Waals surface area contributed by atoms with Gasteiger partial charge in [0.15, 0.2) is 5.78 Å². The summed E-state index contributed by atoms with van der Waals surface area (Å²) in [7, 11) is 0. The Labute approximate surface area is 195 Å². The maximum absolute atomic E-state index is 14.5. The summed E-state index contributed by atoms with van der Waals surface area (Å²) in [6.07, 6.45) is 1.39. The monoisotopic (exact) mass is 455 g/mol. The highest BCUT2D eigenvalue weighted by Crippen LogP contribution is 2.22. The number of carbonyl (C=O) groups excluding carboxylic acids is 2. The van der Waals surface area contributed by atoms with Gasteiger partial charge in [-0.05, 0) is 82.5 Å². The lowest BCUT2D eigenvalue weighted by Gasteiger charge is -2.40. The summed E-state index contributed by atoms with van der Waals surface area (Å²) in [4.78, 5) is 33.3. The third-order valence-electron chi connectivity index (χ3n) is 5.91. The van der Waals surface area contributed by atoms with E-state index in [1.54, 1.807) is 29.3 Å². The van der Waals surface area contributed by atoms with Crippen molar-refractivity contribution in [3.8, 4) is 0 Å². The van der Waals surface area contributed by atoms with Crippen molar-refractivity contribution in [1.29, 1.82) is 0 Å². The van der Waals surface area contributed by atoms with E-state index in [0.717, 1.165) is 16.8 Å². The van der Waals surface area contributed by atoms with E-state index in [9.17, 15) is 14.0 Å². The maximum atomic E-state index is 14.5. The first-order valence-corrected chi connectivity index (χ1v) is 11.4. The fraction of sp³-hybridized carbons (Fsp3) is 0.500. The van der Waals surface area contributed by atoms with Crippen molar-refractivity contribution in [2.75, 3.05) is 19.6 Å². The zero-order chi connectivity index (χ0) is 24.3. The molecule has 2 aromatic rings. The molecule has 7 heteroatoms. The normalized spacial score (nSPS) is 17.2. The van der Waals surface area contributed by atoms with Gasteiger partial charge < -0.3 is 9.64 Å². The zero-order valence-electron chi connectivity index (χ0n) is 20.4. The smallest absolute Gasteiger partial charge is 0.410 e. The number of hydrogen-bond acceptors (Lipinski definition) is 5. The lowest BCUT2D eigenvalue weighted by molar-refractivity contribution is 0.000527. The van der Waals surface area contributed by atoms with Gasteiger partial charge in [0.1, 0.15) is 11.4 Å². The van der Waals surface area contributed by atoms with Crippen molar-refractivity contribution in [2.24, 2.45) is 0 Å². The van der Waals surface area contributed by atoms with Crippen LogP contribution >= 0.6 is 0 Å². The van der Waals surface area contributed by atoms with Gasteiger partial charge >= 0.3 is 6.09 Å². The van der Waals surface area contributed by atoms with E-state index >= 15 is 0 Å². The highest BCUT2D eigenvalue weighted by atomic mass is 19.1. The lowest BCUT2D eigenvalue weighted by Crippen LogP contribution is -2.54. The van der Waals surface area contributed by atoms with Gasteiger partial charge in [0.25, 0.3) is 0 Å². The number of halogens is 1. The van der Waals surface area contributed by atoms with Crippen LogP contribution in [0.5, 0.6) is 0 Å². The second-order valence-electron chi connectivity index (χ2n) is 9.90. The van der Waals surface area contributed by atoms with Gasteiger partial charge in [-0.1, -0.05) is 0 Å². The highest BCUT2D eigenvalue weighted by Gasteiger charge is 2.31. The van der Waals surface area contributed by atoms with E-state index in [-0.39, 0.29) is 30.2 Å². The van der Waals surface area contributed by atoms with Gasteiger partial charge in [-0.2, -0.15) is 0 Å². The predicted molar refractivity (Wildman–Crippen MR) is 126 cm³/mol. The quantitative estimate of drug-likeness (QED) is 0.612. The molecule has 2 heterocycles. The summed E-state index contributed by atoms with van der Waals surface area (Å²) < 4.78 is 20.0. The van der Waals surface area contributed by atoms with Crippen LogP contribution in [0, 0.1) is 19.7 Å². The number of piperazine rings is 1. The molecule has 1 fully saturated rings. The van der Waals surface area contributed by atoms with Crippen LogP contribution in [0.2, 0.25) is 0 Å². The predicted octanol–water partition coefficient (Wildman–Crippen LogP) is 4.70. The van der Waals surface area contributed by atoms with Crippen LogP contribution in [-0.4, -0.2) is 57.9 Å². The molecule has 0 spiro atoms. The second kappa shape index (κ2) is 10.00. The average Bonchev–Trinajstić information content (AvgIpc) is 2.70. The largest absolute Gasteiger partial charge is 0.444 e. The number of aromatic nitrogens is 1. The van der Waals surface area contributed by atoms with Gasteiger partial charge in [-0.3, -0.25) is 14.7 Å². The molecule has 0 aliphatic carbocycles. The van der Waals surface area contributed by atoms with Gasteiger partial charge in [0, 0.05) is 56.1 Å². The molecule has 0 bridgehead atoms. The van der Waals surface area contributed by atoms with E-state index in [4.69, 9.17) is 4.74 Å². The summed E-state index contributed by atoms with van der Waals surface area (Å²) in [6.45, 7) is 13.8. The van der Waals surface area contributed by atoms with Crippen LogP contribution in [0.15, 0.2) is 30.5 Å². The standard InChI is InChI=1S/C26H34FN3O3/c1-17-7-8-20(14-28-17)24(31)13-21-11-23(27)12-22(19(21)3)16-29-9-10-30(18(2)15-29)25(32)33-26(4,5)6/h7-8,11-12,14,18H,9-10,13,15-16H2,1-6H3/t18-/m0/s1. The molecule has 1 atom stereocenters. The molecule has 1 amide bonds. The molecule has 1 saturated heterocycles. The summed E-state index contributed by atoms with van der Waals surface area (Å²) >= 11 is 0. The molecule has 0 N–H and O–H groups in total. The Balaban J connectivity index is 1.68. The van der Waals surface area contributed by atoms with Gasteiger partial charge in [-0.15, -0.1) is 0 Å². The number of ketones is 1. The molecular weight excluding hydrogens is 421 g/mol. The van der Waals surface area contributed by atoms with E-state index in [1.165, 1.54) is 6.07 Å². The van der Waals surface area contributed by atoms with E-state index in [0.29, 0.717) is 37.3 Å². The molecule has 6 nitrogen and oxygen atoms in total. The van der Waals surface area contributed by atoms with Crippen LogP contribution in [0.3, 0.4) is 0 Å². The third-order valence-corrected chi connectivity index (χ3v) is 5.91. The summed E-state index contributed by atoms with van der Waals surface area (Å²) in [5.74, 6) is -0.428. The fourth-order valence-electron chi connectivity index (χ4n) is 4.06. The number of pyridine rings is 1.